The molecule has 4 nitrogen and oxygen atoms in total. The van der Waals surface area contributed by atoms with Crippen LogP contribution >= 0.6 is 0 Å². The van der Waals surface area contributed by atoms with Gasteiger partial charge in [-0.3, -0.25) is 0 Å². The fourth-order valence-electron chi connectivity index (χ4n) is 6.60. The summed E-state index contributed by atoms with van der Waals surface area (Å²) in [6.45, 7) is 7.70. The van der Waals surface area contributed by atoms with E-state index < -0.39 is 25.5 Å². The van der Waals surface area contributed by atoms with Gasteiger partial charge in [0.2, 0.25) is 5.71 Å². The van der Waals surface area contributed by atoms with Gasteiger partial charge in [0.15, 0.2) is 0 Å². The largest absolute Gasteiger partial charge is 0.486 e. The minimum atomic E-state index is -2.29. The molecule has 0 atom stereocenters. The summed E-state index contributed by atoms with van der Waals surface area (Å²) in [5.74, 6) is 0. The number of pyridine rings is 3. The van der Waals surface area contributed by atoms with Crippen molar-refractivity contribution in [1.29, 1.82) is 0 Å². The van der Waals surface area contributed by atoms with Gasteiger partial charge in [-0.1, -0.05) is 143 Å². The molecule has 0 bridgehead atoms. The minimum absolute atomic E-state index is 0. The molecule has 0 amide bonds. The SMILES string of the molecule is [2H]C([2H])([2H])c1c[c-]c(-c2ccc(C([2H])([2H])C(C)(C)C)cn2)cc1-c1ccccc1.[2H]C([2H])([2H])c1ccc2c(n1)oc1c(-c3cc(CCc4ccc(C(C)(C)C)cc4)ccn3)[c-]ccc12.[Ir]. The van der Waals surface area contributed by atoms with Crippen LogP contribution in [-0.4, -0.2) is 15.0 Å². The molecular formula is C52H51IrN3O-2. The van der Waals surface area contributed by atoms with Crippen molar-refractivity contribution in [1.82, 2.24) is 15.0 Å². The van der Waals surface area contributed by atoms with Crippen LogP contribution in [0.5, 0.6) is 0 Å². The van der Waals surface area contributed by atoms with Crippen molar-refractivity contribution in [3.8, 4) is 33.6 Å². The Bertz CT molecular complexity index is 2890. The minimum Gasteiger partial charge on any atom is -0.486 e. The Morgan fingerprint density at radius 2 is 1.49 bits per heavy atom. The van der Waals surface area contributed by atoms with Crippen molar-refractivity contribution in [3.05, 3.63) is 173 Å². The second-order valence-electron chi connectivity index (χ2n) is 16.1. The first-order valence-electron chi connectivity index (χ1n) is 22.9. The molecule has 0 saturated heterocycles. The summed E-state index contributed by atoms with van der Waals surface area (Å²) >= 11 is 0. The summed E-state index contributed by atoms with van der Waals surface area (Å²) in [4.78, 5) is 13.3. The summed E-state index contributed by atoms with van der Waals surface area (Å²) < 4.78 is 69.3. The van der Waals surface area contributed by atoms with E-state index in [0.717, 1.165) is 40.4 Å². The fraction of sp³-hybridized carbons (Fsp3) is 0.250. The number of rotatable bonds is 7. The maximum absolute atomic E-state index is 8.39. The Morgan fingerprint density at radius 3 is 2.19 bits per heavy atom. The Balaban J connectivity index is 0.000000216. The molecule has 1 radical (unpaired) electrons. The zero-order chi connectivity index (χ0) is 46.2. The number of nitrogens with zero attached hydrogens (tertiary/aromatic N) is 3. The molecule has 0 aliphatic heterocycles. The third-order valence-corrected chi connectivity index (χ3v) is 9.50. The van der Waals surface area contributed by atoms with Gasteiger partial charge in [0.05, 0.1) is 5.58 Å². The molecule has 5 heteroatoms. The fourth-order valence-corrected chi connectivity index (χ4v) is 6.60. The molecule has 0 saturated carbocycles. The van der Waals surface area contributed by atoms with Crippen LogP contribution in [0.2, 0.25) is 0 Å². The molecule has 8 rings (SSSR count). The normalized spacial score (nSPS) is 14.4. The number of hydrogen-bond acceptors (Lipinski definition) is 4. The zero-order valence-corrected chi connectivity index (χ0v) is 35.5. The Labute approximate surface area is 363 Å². The van der Waals surface area contributed by atoms with Gasteiger partial charge in [-0.05, 0) is 88.7 Å². The average Bonchev–Trinajstić information content (AvgIpc) is 3.63. The van der Waals surface area contributed by atoms with Gasteiger partial charge in [-0.25, -0.2) is 4.98 Å². The standard InChI is InChI=1S/C29H27N2O.C23H24N.Ir/c1-19-8-15-24-23-6-5-7-25(27(23)32-28(24)31-19)26-18-21(16-17-30-26)10-9-20-11-13-22(14-12-20)29(2,3)4;1-17-10-12-20(14-21(17)19-8-6-5-7-9-19)22-13-11-18(16-24-22)15-23(2,3)4;/h5-6,8,11-18H,9-10H2,1-4H3;5-11,13-14,16H,15H2,1-4H3;/q2*-1;/i1D3;1D3,15D2;. The molecule has 0 aliphatic rings. The van der Waals surface area contributed by atoms with Gasteiger partial charge in [-0.15, -0.1) is 47.5 Å². The number of hydrogen-bond donors (Lipinski definition) is 0. The maximum Gasteiger partial charge on any atom is 0.216 e. The molecule has 0 unspecified atom stereocenters. The number of aryl methyl sites for hydroxylation is 4. The van der Waals surface area contributed by atoms with Gasteiger partial charge < -0.3 is 14.4 Å². The molecule has 4 aromatic heterocycles. The second kappa shape index (κ2) is 17.5. The molecule has 4 aromatic carbocycles. The van der Waals surface area contributed by atoms with Crippen LogP contribution in [0.3, 0.4) is 0 Å². The summed E-state index contributed by atoms with van der Waals surface area (Å²) in [5.41, 5.74) is 9.33. The number of fused-ring (bicyclic) bond motifs is 3. The smallest absolute Gasteiger partial charge is 0.216 e. The third kappa shape index (κ3) is 10.2. The first-order valence-corrected chi connectivity index (χ1v) is 18.9. The first-order chi connectivity index (χ1) is 30.0. The maximum atomic E-state index is 8.39. The van der Waals surface area contributed by atoms with E-state index in [9.17, 15) is 0 Å². The first kappa shape index (κ1) is 31.8. The van der Waals surface area contributed by atoms with Gasteiger partial charge in [0.1, 0.15) is 0 Å². The van der Waals surface area contributed by atoms with E-state index in [2.05, 4.69) is 78.2 Å². The summed E-state index contributed by atoms with van der Waals surface area (Å²) in [6.07, 6.45) is 3.67. The van der Waals surface area contributed by atoms with E-state index in [4.69, 9.17) is 15.4 Å². The van der Waals surface area contributed by atoms with Crippen molar-refractivity contribution in [3.63, 3.8) is 0 Å². The van der Waals surface area contributed by atoms with Crippen LogP contribution < -0.4 is 0 Å². The van der Waals surface area contributed by atoms with Crippen LogP contribution in [0.15, 0.2) is 132 Å². The molecule has 57 heavy (non-hydrogen) atoms. The summed E-state index contributed by atoms with van der Waals surface area (Å²) in [5, 5.41) is 1.64. The van der Waals surface area contributed by atoms with Crippen LogP contribution in [0, 0.1) is 31.3 Å². The summed E-state index contributed by atoms with van der Waals surface area (Å²) in [7, 11) is 0. The van der Waals surface area contributed by atoms with Crippen molar-refractivity contribution >= 4 is 22.1 Å². The summed E-state index contributed by atoms with van der Waals surface area (Å²) in [6, 6.07) is 42.5. The molecule has 0 fully saturated rings. The van der Waals surface area contributed by atoms with E-state index >= 15 is 0 Å². The predicted octanol–water partition coefficient (Wildman–Crippen LogP) is 13.3. The molecule has 0 N–H and O–H groups in total. The van der Waals surface area contributed by atoms with Gasteiger partial charge in [-0.2, -0.15) is 0 Å². The number of benzene rings is 4. The van der Waals surface area contributed by atoms with E-state index in [1.807, 2.05) is 75.5 Å². The Kier molecular flexibility index (Phi) is 9.77. The number of aromatic nitrogens is 3. The van der Waals surface area contributed by atoms with Crippen molar-refractivity contribution in [2.75, 3.05) is 0 Å². The van der Waals surface area contributed by atoms with Crippen molar-refractivity contribution in [2.24, 2.45) is 5.41 Å². The number of furan rings is 1. The van der Waals surface area contributed by atoms with E-state index in [1.54, 1.807) is 30.5 Å². The monoisotopic (exact) mass is 934 g/mol. The molecule has 8 aromatic rings. The molecule has 291 valence electrons. The van der Waals surface area contributed by atoms with E-state index in [0.29, 0.717) is 33.7 Å². The van der Waals surface area contributed by atoms with Gasteiger partial charge >= 0.3 is 0 Å². The van der Waals surface area contributed by atoms with Crippen LogP contribution in [0.25, 0.3) is 55.7 Å². The second-order valence-corrected chi connectivity index (χ2v) is 16.1. The van der Waals surface area contributed by atoms with E-state index in [-0.39, 0.29) is 36.8 Å². The zero-order valence-electron chi connectivity index (χ0n) is 41.1. The van der Waals surface area contributed by atoms with Crippen molar-refractivity contribution < 1.29 is 35.5 Å². The topological polar surface area (TPSA) is 51.8 Å². The van der Waals surface area contributed by atoms with Crippen LogP contribution in [0.4, 0.5) is 0 Å². The van der Waals surface area contributed by atoms with E-state index in [1.165, 1.54) is 28.8 Å². The predicted molar refractivity (Wildman–Crippen MR) is 233 cm³/mol. The average molecular weight is 934 g/mol. The Hall–Kier alpha value is -5.22. The quantitative estimate of drug-likeness (QED) is 0.149. The van der Waals surface area contributed by atoms with Gasteiger partial charge in [0.25, 0.3) is 0 Å². The van der Waals surface area contributed by atoms with Crippen LogP contribution in [0.1, 0.15) is 86.0 Å². The Morgan fingerprint density at radius 1 is 0.719 bits per heavy atom. The van der Waals surface area contributed by atoms with Gasteiger partial charge in [0, 0.05) is 54.5 Å². The van der Waals surface area contributed by atoms with Crippen LogP contribution in [-0.2, 0) is 44.7 Å². The molecule has 4 heterocycles. The molecular weight excluding hydrogens is 875 g/mol. The third-order valence-electron chi connectivity index (χ3n) is 9.50. The molecule has 0 aliphatic carbocycles. The molecule has 0 spiro atoms. The van der Waals surface area contributed by atoms with Crippen molar-refractivity contribution in [2.45, 2.75) is 79.9 Å².